The Bertz CT molecular complexity index is 1600. The number of rotatable bonds is 4. The molecule has 1 aliphatic heterocycles. The monoisotopic (exact) mass is 571 g/mol. The number of thioether (sulfide) groups is 1. The Morgan fingerprint density at radius 1 is 1.19 bits per heavy atom. The average Bonchev–Trinajstić information content (AvgIpc) is 3.56. The van der Waals surface area contributed by atoms with Crippen molar-refractivity contribution in [1.82, 2.24) is 4.57 Å². The summed E-state index contributed by atoms with van der Waals surface area (Å²) in [5.74, 6) is -0.800. The van der Waals surface area contributed by atoms with E-state index in [9.17, 15) is 18.0 Å². The summed E-state index contributed by atoms with van der Waals surface area (Å²) in [4.78, 5) is 16.5. The molecule has 0 saturated carbocycles. The number of alkyl halides is 3. The van der Waals surface area contributed by atoms with Crippen LogP contribution in [0, 0.1) is 6.92 Å². The van der Waals surface area contributed by atoms with Crippen LogP contribution in [-0.2, 0) is 19.3 Å². The highest BCUT2D eigenvalue weighted by atomic mass is 35.5. The normalized spacial score (nSPS) is 15.4. The first-order chi connectivity index (χ1) is 16.7. The molecule has 0 fully saturated rings. The van der Waals surface area contributed by atoms with Gasteiger partial charge < -0.3 is 21.7 Å². The molecule has 1 aromatic carbocycles. The second-order valence-corrected chi connectivity index (χ2v) is 11.0. The lowest BCUT2D eigenvalue weighted by Crippen LogP contribution is -3.00. The lowest BCUT2D eigenvalue weighted by molar-refractivity contribution is -0.686. The number of thiazole rings is 2. The van der Waals surface area contributed by atoms with Crippen LogP contribution in [0.15, 0.2) is 56.0 Å². The van der Waals surface area contributed by atoms with Crippen molar-refractivity contribution in [3.05, 3.63) is 83.5 Å². The van der Waals surface area contributed by atoms with Gasteiger partial charge in [0.25, 0.3) is 10.6 Å². The van der Waals surface area contributed by atoms with E-state index in [0.29, 0.717) is 11.1 Å². The predicted octanol–water partition coefficient (Wildman–Crippen LogP) is 1.39. The minimum atomic E-state index is -4.52. The zero-order valence-electron chi connectivity index (χ0n) is 19.4. The quantitative estimate of drug-likeness (QED) is 0.347. The highest BCUT2D eigenvalue weighted by Gasteiger charge is 2.35. The Morgan fingerprint density at radius 2 is 1.97 bits per heavy atom. The second-order valence-electron chi connectivity index (χ2n) is 8.03. The Hall–Kier alpha value is -2.47. The fraction of sp³-hybridized carbons (Fsp3) is 0.250. The van der Waals surface area contributed by atoms with E-state index in [1.165, 1.54) is 34.3 Å². The summed E-state index contributed by atoms with van der Waals surface area (Å²) >= 11 is 4.46. The molecule has 1 aliphatic rings. The van der Waals surface area contributed by atoms with Gasteiger partial charge in [-0.2, -0.15) is 17.7 Å². The van der Waals surface area contributed by atoms with Crippen LogP contribution in [0.4, 0.5) is 18.9 Å². The summed E-state index contributed by atoms with van der Waals surface area (Å²) in [6.07, 6.45) is -0.809. The van der Waals surface area contributed by atoms with E-state index in [1.54, 1.807) is 22.5 Å². The van der Waals surface area contributed by atoms with E-state index >= 15 is 0 Å². The number of furan rings is 1. The van der Waals surface area contributed by atoms with Gasteiger partial charge in [-0.1, -0.05) is 29.2 Å². The molecule has 0 aliphatic carbocycles. The van der Waals surface area contributed by atoms with E-state index in [2.05, 4.69) is 23.1 Å². The molecule has 0 amide bonds. The molecule has 0 bridgehead atoms. The molecular formula is C24H21ClF3N3O2S3. The average molecular weight is 572 g/mol. The summed E-state index contributed by atoms with van der Waals surface area (Å²) in [6, 6.07) is 8.53. The second kappa shape index (κ2) is 10.1. The van der Waals surface area contributed by atoms with Gasteiger partial charge in [0, 0.05) is 18.5 Å². The lowest BCUT2D eigenvalue weighted by Gasteiger charge is -2.12. The van der Waals surface area contributed by atoms with Crippen LogP contribution in [0.25, 0.3) is 11.1 Å². The predicted molar refractivity (Wildman–Crippen MR) is 133 cm³/mol. The summed E-state index contributed by atoms with van der Waals surface area (Å²) < 4.78 is 48.7. The Kier molecular flexibility index (Phi) is 7.47. The van der Waals surface area contributed by atoms with Gasteiger partial charge in [0.05, 0.1) is 17.1 Å². The number of nitrogens with zero attached hydrogens (tertiary/aromatic N) is 3. The van der Waals surface area contributed by atoms with E-state index in [4.69, 9.17) is 4.42 Å². The van der Waals surface area contributed by atoms with Gasteiger partial charge >= 0.3 is 6.18 Å². The van der Waals surface area contributed by atoms with Crippen molar-refractivity contribution in [2.45, 2.75) is 38.0 Å². The Labute approximate surface area is 223 Å². The van der Waals surface area contributed by atoms with E-state index in [1.807, 2.05) is 36.9 Å². The van der Waals surface area contributed by atoms with Gasteiger partial charge in [0.2, 0.25) is 12.3 Å². The zero-order valence-corrected chi connectivity index (χ0v) is 22.6. The maximum atomic E-state index is 13.3. The van der Waals surface area contributed by atoms with Crippen LogP contribution in [-0.4, -0.2) is 11.6 Å². The van der Waals surface area contributed by atoms with Crippen molar-refractivity contribution in [2.24, 2.45) is 0 Å². The summed E-state index contributed by atoms with van der Waals surface area (Å²) in [5, 5.41) is 3.56. The number of anilines is 1. The van der Waals surface area contributed by atoms with Gasteiger partial charge in [-0.25, -0.2) is 0 Å². The molecule has 190 valence electrons. The third-order valence-corrected chi connectivity index (χ3v) is 8.96. The molecule has 0 radical (unpaired) electrons. The van der Waals surface area contributed by atoms with Gasteiger partial charge in [0.15, 0.2) is 12.0 Å². The van der Waals surface area contributed by atoms with Gasteiger partial charge in [-0.3, -0.25) is 9.36 Å². The standard InChI is InChI=1S/C24H21F3N3O2S3.ClH/c1-4-30-20(12-19-29(9-10-33-19)13-15-6-8-18(32-15)24(25,26)27)35-21(22(30)31)23-28(3)16-7-5-14(2)11-17(16)34-23;/h5-12H,4,13H2,1-3H3;1H/q+1;/p-1/b23-21+;. The van der Waals surface area contributed by atoms with Gasteiger partial charge in [-0.05, 0) is 43.7 Å². The van der Waals surface area contributed by atoms with Crippen molar-refractivity contribution in [3.63, 3.8) is 0 Å². The van der Waals surface area contributed by atoms with Crippen molar-refractivity contribution in [3.8, 4) is 0 Å². The highest BCUT2D eigenvalue weighted by molar-refractivity contribution is 8.08. The number of benzene rings is 1. The number of aromatic nitrogens is 2. The summed E-state index contributed by atoms with van der Waals surface area (Å²) in [5.41, 5.74) is 2.19. The Morgan fingerprint density at radius 3 is 2.67 bits per heavy atom. The Balaban J connectivity index is 0.00000304. The molecule has 0 saturated heterocycles. The van der Waals surface area contributed by atoms with Crippen molar-refractivity contribution >= 4 is 51.2 Å². The third kappa shape index (κ3) is 4.89. The van der Waals surface area contributed by atoms with Crippen LogP contribution >= 0.6 is 34.4 Å². The van der Waals surface area contributed by atoms with Crippen LogP contribution in [0.2, 0.25) is 0 Å². The molecule has 0 spiro atoms. The van der Waals surface area contributed by atoms with E-state index in [0.717, 1.165) is 31.3 Å². The van der Waals surface area contributed by atoms with Crippen molar-refractivity contribution in [1.29, 1.82) is 0 Å². The van der Waals surface area contributed by atoms with E-state index in [-0.39, 0.29) is 30.3 Å². The zero-order chi connectivity index (χ0) is 24.9. The van der Waals surface area contributed by atoms with Crippen LogP contribution in [0.3, 0.4) is 0 Å². The fourth-order valence-electron chi connectivity index (χ4n) is 3.88. The fourth-order valence-corrected chi connectivity index (χ4v) is 7.29. The van der Waals surface area contributed by atoms with Gasteiger partial charge in [-0.15, -0.1) is 11.3 Å². The largest absolute Gasteiger partial charge is 1.00 e. The van der Waals surface area contributed by atoms with Crippen LogP contribution in [0.5, 0.6) is 0 Å². The molecule has 3 aromatic heterocycles. The minimum absolute atomic E-state index is 0. The molecule has 0 atom stereocenters. The molecular weight excluding hydrogens is 551 g/mol. The van der Waals surface area contributed by atoms with Crippen LogP contribution < -0.4 is 36.6 Å². The topological polar surface area (TPSA) is 42.3 Å². The number of aryl methyl sites for hydroxylation is 1. The number of hydrogen-bond acceptors (Lipinski definition) is 6. The SMILES string of the molecule is CCn1c(=O)/c(=C2\Sc3cc(C)ccc3N2C)s/c1=C\c1scc[n+]1Cc1ccc(C(F)(F)F)o1.[Cl-]. The van der Waals surface area contributed by atoms with Crippen molar-refractivity contribution in [2.75, 3.05) is 11.9 Å². The molecule has 36 heavy (non-hydrogen) atoms. The molecule has 0 unspecified atom stereocenters. The number of hydrogen-bond donors (Lipinski definition) is 0. The van der Waals surface area contributed by atoms with Crippen LogP contribution in [0.1, 0.15) is 29.0 Å². The number of fused-ring (bicyclic) bond motifs is 1. The lowest BCUT2D eigenvalue weighted by atomic mass is 10.2. The van der Waals surface area contributed by atoms with Crippen molar-refractivity contribution < 1.29 is 34.6 Å². The maximum Gasteiger partial charge on any atom is 0.449 e. The smallest absolute Gasteiger partial charge is 0.449 e. The highest BCUT2D eigenvalue weighted by Crippen LogP contribution is 2.45. The summed E-state index contributed by atoms with van der Waals surface area (Å²) in [7, 11) is 1.97. The third-order valence-electron chi connectivity index (χ3n) is 5.64. The van der Waals surface area contributed by atoms with Gasteiger partial charge in [0.1, 0.15) is 14.2 Å². The molecule has 5 nitrogen and oxygen atoms in total. The first-order valence-corrected chi connectivity index (χ1v) is 13.3. The van der Waals surface area contributed by atoms with E-state index < -0.39 is 11.9 Å². The molecule has 0 N–H and O–H groups in total. The minimum Gasteiger partial charge on any atom is -1.00 e. The summed E-state index contributed by atoms with van der Waals surface area (Å²) in [6.45, 7) is 4.63. The molecule has 4 aromatic rings. The molecule has 12 heteroatoms. The first-order valence-electron chi connectivity index (χ1n) is 10.8. The first kappa shape index (κ1) is 26.6. The molecule has 4 heterocycles. The number of halogens is 4. The molecule has 5 rings (SSSR count). The maximum absolute atomic E-state index is 13.3.